The molecule has 1 heterocycles. The fourth-order valence-electron chi connectivity index (χ4n) is 1.26. The molecule has 0 aliphatic heterocycles. The first-order chi connectivity index (χ1) is 8.25. The molecular formula is C12H11N3OS. The Balaban J connectivity index is 1.98. The Hall–Kier alpha value is -2.14. The highest BCUT2D eigenvalue weighted by Crippen LogP contribution is 2.06. The lowest BCUT2D eigenvalue weighted by atomic mass is 10.2. The first kappa shape index (κ1) is 11.3. The molecule has 0 unspecified atom stereocenters. The first-order valence-electron chi connectivity index (χ1n) is 4.98. The van der Waals surface area contributed by atoms with Gasteiger partial charge < -0.3 is 5.73 Å². The van der Waals surface area contributed by atoms with Crippen LogP contribution in [0.1, 0.15) is 15.2 Å². The highest BCUT2D eigenvalue weighted by atomic mass is 32.1. The summed E-state index contributed by atoms with van der Waals surface area (Å²) >= 11 is 1.55. The molecule has 0 spiro atoms. The van der Waals surface area contributed by atoms with Crippen molar-refractivity contribution in [2.45, 2.75) is 0 Å². The number of anilines is 1. The number of hydrogen-bond acceptors (Lipinski definition) is 4. The topological polar surface area (TPSA) is 67.5 Å². The number of rotatable bonds is 3. The van der Waals surface area contributed by atoms with E-state index >= 15 is 0 Å². The van der Waals surface area contributed by atoms with E-state index in [0.29, 0.717) is 11.3 Å². The van der Waals surface area contributed by atoms with Crippen molar-refractivity contribution in [1.29, 1.82) is 0 Å². The standard InChI is InChI=1S/C12H11N3OS/c13-10-4-1-3-9(7-10)12(16)15-14-8-11-5-2-6-17-11/h1-8H,13H2,(H,15,16)/b14-8+. The fraction of sp³-hybridized carbons (Fsp3) is 0. The quantitative estimate of drug-likeness (QED) is 0.494. The lowest BCUT2D eigenvalue weighted by molar-refractivity contribution is 0.0955. The number of carbonyl (C=O) groups is 1. The van der Waals surface area contributed by atoms with Crippen LogP contribution in [0.5, 0.6) is 0 Å². The van der Waals surface area contributed by atoms with E-state index < -0.39 is 0 Å². The molecule has 1 aromatic heterocycles. The third-order valence-electron chi connectivity index (χ3n) is 2.05. The van der Waals surface area contributed by atoms with Gasteiger partial charge in [-0.2, -0.15) is 5.10 Å². The largest absolute Gasteiger partial charge is 0.399 e. The minimum Gasteiger partial charge on any atom is -0.399 e. The molecule has 0 radical (unpaired) electrons. The number of nitrogens with zero attached hydrogens (tertiary/aromatic N) is 1. The number of nitrogens with one attached hydrogen (secondary N) is 1. The van der Waals surface area contributed by atoms with Crippen LogP contribution in [0.2, 0.25) is 0 Å². The molecule has 17 heavy (non-hydrogen) atoms. The molecule has 1 aromatic carbocycles. The normalized spacial score (nSPS) is 10.6. The number of hydrogen-bond donors (Lipinski definition) is 2. The van der Waals surface area contributed by atoms with Crippen LogP contribution in [-0.2, 0) is 0 Å². The lowest BCUT2D eigenvalue weighted by Gasteiger charge is -2.00. The predicted octanol–water partition coefficient (Wildman–Crippen LogP) is 2.09. The molecule has 0 aliphatic rings. The van der Waals surface area contributed by atoms with Crippen LogP contribution in [0.4, 0.5) is 5.69 Å². The van der Waals surface area contributed by atoms with Crippen molar-refractivity contribution in [1.82, 2.24) is 5.43 Å². The monoisotopic (exact) mass is 245 g/mol. The third kappa shape index (κ3) is 3.15. The molecule has 0 fully saturated rings. The average Bonchev–Trinajstić information content (AvgIpc) is 2.82. The molecule has 2 aromatic rings. The summed E-state index contributed by atoms with van der Waals surface area (Å²) in [5.74, 6) is -0.273. The second kappa shape index (κ2) is 5.27. The summed E-state index contributed by atoms with van der Waals surface area (Å²) in [6, 6.07) is 10.6. The summed E-state index contributed by atoms with van der Waals surface area (Å²) in [4.78, 5) is 12.6. The van der Waals surface area contributed by atoms with Gasteiger partial charge in [0.05, 0.1) is 6.21 Å². The second-order valence-corrected chi connectivity index (χ2v) is 4.32. The molecule has 86 valence electrons. The number of carbonyl (C=O) groups excluding carboxylic acids is 1. The van der Waals surface area contributed by atoms with Gasteiger partial charge in [-0.05, 0) is 29.6 Å². The van der Waals surface area contributed by atoms with Crippen LogP contribution in [0.3, 0.4) is 0 Å². The van der Waals surface area contributed by atoms with E-state index in [9.17, 15) is 4.79 Å². The van der Waals surface area contributed by atoms with Crippen molar-refractivity contribution >= 4 is 29.1 Å². The highest BCUT2D eigenvalue weighted by Gasteiger charge is 2.03. The van der Waals surface area contributed by atoms with Gasteiger partial charge in [-0.1, -0.05) is 12.1 Å². The molecular weight excluding hydrogens is 234 g/mol. The SMILES string of the molecule is Nc1cccc(C(=O)N/N=C/c2cccs2)c1. The van der Waals surface area contributed by atoms with Gasteiger partial charge in [-0.15, -0.1) is 11.3 Å². The number of benzene rings is 1. The van der Waals surface area contributed by atoms with Gasteiger partial charge in [0.1, 0.15) is 0 Å². The van der Waals surface area contributed by atoms with E-state index in [1.54, 1.807) is 41.8 Å². The van der Waals surface area contributed by atoms with Crippen molar-refractivity contribution in [3.63, 3.8) is 0 Å². The minimum atomic E-state index is -0.273. The van der Waals surface area contributed by atoms with Crippen LogP contribution < -0.4 is 11.2 Å². The van der Waals surface area contributed by atoms with Crippen molar-refractivity contribution in [3.05, 3.63) is 52.2 Å². The van der Waals surface area contributed by atoms with E-state index in [1.807, 2.05) is 17.5 Å². The molecule has 0 saturated heterocycles. The second-order valence-electron chi connectivity index (χ2n) is 3.34. The van der Waals surface area contributed by atoms with Crippen molar-refractivity contribution < 1.29 is 4.79 Å². The number of hydrazone groups is 1. The van der Waals surface area contributed by atoms with E-state index in [1.165, 1.54) is 0 Å². The Kier molecular flexibility index (Phi) is 3.52. The fourth-order valence-corrected chi connectivity index (χ4v) is 1.85. The molecule has 1 amide bonds. The summed E-state index contributed by atoms with van der Waals surface area (Å²) in [6.45, 7) is 0. The number of amides is 1. The number of thiophene rings is 1. The van der Waals surface area contributed by atoms with Gasteiger partial charge in [0, 0.05) is 16.1 Å². The van der Waals surface area contributed by atoms with Crippen molar-refractivity contribution in [3.8, 4) is 0 Å². The summed E-state index contributed by atoms with van der Waals surface area (Å²) in [5, 5.41) is 5.81. The minimum absolute atomic E-state index is 0.273. The molecule has 0 atom stereocenters. The van der Waals surface area contributed by atoms with Gasteiger partial charge in [0.15, 0.2) is 0 Å². The molecule has 4 nitrogen and oxygen atoms in total. The number of nitrogen functional groups attached to an aromatic ring is 1. The smallest absolute Gasteiger partial charge is 0.271 e. The van der Waals surface area contributed by atoms with Crippen LogP contribution in [0.15, 0.2) is 46.9 Å². The number of nitrogens with two attached hydrogens (primary N) is 1. The van der Waals surface area contributed by atoms with Crippen LogP contribution in [-0.4, -0.2) is 12.1 Å². The zero-order valence-corrected chi connectivity index (χ0v) is 9.78. The summed E-state index contributed by atoms with van der Waals surface area (Å²) < 4.78 is 0. The zero-order chi connectivity index (χ0) is 12.1. The van der Waals surface area contributed by atoms with E-state index in [-0.39, 0.29) is 5.91 Å². The van der Waals surface area contributed by atoms with Crippen molar-refractivity contribution in [2.75, 3.05) is 5.73 Å². The molecule has 3 N–H and O–H groups in total. The van der Waals surface area contributed by atoms with Gasteiger partial charge >= 0.3 is 0 Å². The van der Waals surface area contributed by atoms with Crippen LogP contribution in [0.25, 0.3) is 0 Å². The summed E-state index contributed by atoms with van der Waals surface area (Å²) in [6.07, 6.45) is 1.61. The van der Waals surface area contributed by atoms with Gasteiger partial charge in [0.25, 0.3) is 5.91 Å². The average molecular weight is 245 g/mol. The molecule has 0 saturated carbocycles. The van der Waals surface area contributed by atoms with Crippen LogP contribution >= 0.6 is 11.3 Å². The Morgan fingerprint density at radius 3 is 2.94 bits per heavy atom. The molecule has 5 heteroatoms. The Morgan fingerprint density at radius 1 is 1.35 bits per heavy atom. The maximum Gasteiger partial charge on any atom is 0.271 e. The van der Waals surface area contributed by atoms with Crippen molar-refractivity contribution in [2.24, 2.45) is 5.10 Å². The lowest BCUT2D eigenvalue weighted by Crippen LogP contribution is -2.17. The van der Waals surface area contributed by atoms with Gasteiger partial charge in [0.2, 0.25) is 0 Å². The van der Waals surface area contributed by atoms with Gasteiger partial charge in [-0.25, -0.2) is 5.43 Å². The summed E-state index contributed by atoms with van der Waals surface area (Å²) in [7, 11) is 0. The van der Waals surface area contributed by atoms with E-state index in [0.717, 1.165) is 4.88 Å². The van der Waals surface area contributed by atoms with E-state index in [2.05, 4.69) is 10.5 Å². The van der Waals surface area contributed by atoms with E-state index in [4.69, 9.17) is 5.73 Å². The first-order valence-corrected chi connectivity index (χ1v) is 5.86. The molecule has 0 aliphatic carbocycles. The Labute approximate surface area is 103 Å². The Morgan fingerprint density at radius 2 is 2.24 bits per heavy atom. The van der Waals surface area contributed by atoms with Crippen LogP contribution in [0, 0.1) is 0 Å². The highest BCUT2D eigenvalue weighted by molar-refractivity contribution is 7.11. The zero-order valence-electron chi connectivity index (χ0n) is 8.96. The summed E-state index contributed by atoms with van der Waals surface area (Å²) in [5.41, 5.74) is 9.08. The Bertz CT molecular complexity index is 534. The third-order valence-corrected chi connectivity index (χ3v) is 2.86. The maximum atomic E-state index is 11.6. The molecule has 2 rings (SSSR count). The maximum absolute atomic E-state index is 11.6. The van der Waals surface area contributed by atoms with Gasteiger partial charge in [-0.3, -0.25) is 4.79 Å². The predicted molar refractivity (Wildman–Crippen MR) is 70.2 cm³/mol. The molecule has 0 bridgehead atoms.